The Hall–Kier alpha value is -0.301. The Morgan fingerprint density at radius 3 is 1.77 bits per heavy atom. The van der Waals surface area contributed by atoms with Crippen LogP contribution >= 0.6 is 19.8 Å². The van der Waals surface area contributed by atoms with E-state index in [0.717, 1.165) is 5.25 Å². The molecule has 1 atom stereocenters. The molecule has 2 aromatic carbocycles. The van der Waals surface area contributed by atoms with E-state index in [0.29, 0.717) is 6.04 Å². The molecule has 0 saturated heterocycles. The zero-order chi connectivity index (χ0) is 23.6. The maximum Gasteiger partial charge on any atom is 2.00 e. The molecule has 1 nitrogen and oxygen atoms in total. The SMILES string of the molecule is C[C@@H]([C]1[CH][CH][CH][C]1SC1CCCCC1)N(C)P(c1ccccc1)c1ccccc1.[CH]1[CH][CH][CH][CH]1.[Fe+2]. The predicted molar refractivity (Wildman–Crippen MR) is 152 cm³/mol. The van der Waals surface area contributed by atoms with Crippen LogP contribution in [0.1, 0.15) is 39.0 Å². The first-order chi connectivity index (χ1) is 16.7. The van der Waals surface area contributed by atoms with Crippen LogP contribution in [0.4, 0.5) is 0 Å². The molecule has 4 heteroatoms. The van der Waals surface area contributed by atoms with Gasteiger partial charge in [0.05, 0.1) is 0 Å². The topological polar surface area (TPSA) is 3.24 Å². The van der Waals surface area contributed by atoms with E-state index in [-0.39, 0.29) is 17.1 Å². The van der Waals surface area contributed by atoms with Crippen LogP contribution in [-0.2, 0) is 17.1 Å². The Bertz CT molecular complexity index is 762. The van der Waals surface area contributed by atoms with Crippen molar-refractivity contribution >= 4 is 30.4 Å². The molecule has 10 radical (unpaired) electrons. The van der Waals surface area contributed by atoms with Crippen molar-refractivity contribution in [2.75, 3.05) is 7.05 Å². The summed E-state index contributed by atoms with van der Waals surface area (Å²) < 4.78 is 2.60. The minimum Gasteiger partial charge on any atom is -0.274 e. The summed E-state index contributed by atoms with van der Waals surface area (Å²) in [6.07, 6.45) is 23.9. The maximum absolute atomic E-state index is 2.60. The van der Waals surface area contributed by atoms with Gasteiger partial charge in [-0.15, -0.1) is 11.8 Å². The van der Waals surface area contributed by atoms with E-state index < -0.39 is 8.07 Å². The van der Waals surface area contributed by atoms with Gasteiger partial charge >= 0.3 is 17.1 Å². The molecule has 0 bridgehead atoms. The molecule has 0 aromatic heterocycles. The average Bonchev–Trinajstić information content (AvgIpc) is 3.62. The van der Waals surface area contributed by atoms with Gasteiger partial charge in [-0.05, 0) is 88.8 Å². The Kier molecular flexibility index (Phi) is 13.2. The van der Waals surface area contributed by atoms with Crippen LogP contribution in [0.15, 0.2) is 60.7 Å². The minimum atomic E-state index is -0.564. The van der Waals surface area contributed by atoms with Gasteiger partial charge in [0.2, 0.25) is 0 Å². The zero-order valence-electron chi connectivity index (χ0n) is 20.7. The monoisotopic (exact) mass is 541 g/mol. The third kappa shape index (κ3) is 8.61. The number of hydrogen-bond donors (Lipinski definition) is 0. The second-order valence-corrected chi connectivity index (χ2v) is 12.5. The van der Waals surface area contributed by atoms with Gasteiger partial charge < -0.3 is 0 Å². The molecule has 2 aromatic rings. The first kappa shape index (κ1) is 29.3. The second kappa shape index (κ2) is 15.8. The van der Waals surface area contributed by atoms with Crippen LogP contribution in [0, 0.1) is 62.5 Å². The standard InChI is InChI=1S/C26H31NPS.C5H5.Fe/c1-21(25-19-12-20-26(25)29-24-17-10-5-11-18-24)27(2)28(22-13-6-3-7-14-22)23-15-8-4-9-16-23;1-2-4-5-3-1;/h3-4,6-9,12-16,19-21,24H,5,10-11,17-18H2,1-2H3;1-5H;/q;;+2/t21-;;/m0../s1. The summed E-state index contributed by atoms with van der Waals surface area (Å²) >= 11 is 2.13. The molecule has 3 saturated carbocycles. The van der Waals surface area contributed by atoms with Crippen molar-refractivity contribution in [1.29, 1.82) is 0 Å². The third-order valence-corrected chi connectivity index (χ3v) is 10.5. The molecule has 0 aliphatic heterocycles. The summed E-state index contributed by atoms with van der Waals surface area (Å²) in [6.45, 7) is 2.38. The molecule has 3 aliphatic rings. The van der Waals surface area contributed by atoms with Gasteiger partial charge in [0, 0.05) is 30.5 Å². The van der Waals surface area contributed by atoms with E-state index in [1.807, 2.05) is 32.1 Å². The number of nitrogens with zero attached hydrogens (tertiary/aromatic N) is 1. The van der Waals surface area contributed by atoms with Crippen LogP contribution < -0.4 is 10.6 Å². The fourth-order valence-electron chi connectivity index (χ4n) is 4.58. The molecule has 3 aliphatic carbocycles. The van der Waals surface area contributed by atoms with E-state index in [2.05, 4.69) is 110 Å². The van der Waals surface area contributed by atoms with Crippen LogP contribution in [0.25, 0.3) is 0 Å². The van der Waals surface area contributed by atoms with Crippen molar-refractivity contribution in [3.05, 3.63) is 123 Å². The smallest absolute Gasteiger partial charge is 0.274 e. The molecular weight excluding hydrogens is 505 g/mol. The molecule has 3 fully saturated rings. The molecular formula is C31H36FeNPS+2. The molecule has 0 heterocycles. The maximum atomic E-state index is 2.60. The largest absolute Gasteiger partial charge is 2.00 e. The van der Waals surface area contributed by atoms with Crippen LogP contribution in [0.5, 0.6) is 0 Å². The van der Waals surface area contributed by atoms with E-state index in [1.165, 1.54) is 53.9 Å². The van der Waals surface area contributed by atoms with Gasteiger partial charge in [0.1, 0.15) is 0 Å². The van der Waals surface area contributed by atoms with Crippen LogP contribution in [0.2, 0.25) is 0 Å². The Balaban J connectivity index is 0.000000509. The van der Waals surface area contributed by atoms with Gasteiger partial charge in [-0.3, -0.25) is 4.67 Å². The zero-order valence-corrected chi connectivity index (χ0v) is 23.6. The normalized spacial score (nSPS) is 20.5. The van der Waals surface area contributed by atoms with Crippen LogP contribution in [0.3, 0.4) is 0 Å². The van der Waals surface area contributed by atoms with Gasteiger partial charge in [-0.1, -0.05) is 79.9 Å². The average molecular weight is 542 g/mol. The number of benzene rings is 2. The second-order valence-electron chi connectivity index (χ2n) is 8.92. The molecule has 0 unspecified atom stereocenters. The van der Waals surface area contributed by atoms with Gasteiger partial charge in [-0.2, -0.15) is 0 Å². The van der Waals surface area contributed by atoms with Crippen molar-refractivity contribution in [3.8, 4) is 0 Å². The van der Waals surface area contributed by atoms with Crippen molar-refractivity contribution in [2.24, 2.45) is 0 Å². The van der Waals surface area contributed by atoms with E-state index in [4.69, 9.17) is 0 Å². The van der Waals surface area contributed by atoms with Crippen molar-refractivity contribution in [2.45, 2.75) is 50.3 Å². The molecule has 182 valence electrons. The van der Waals surface area contributed by atoms with E-state index in [9.17, 15) is 0 Å². The predicted octanol–water partition coefficient (Wildman–Crippen LogP) is 7.17. The Morgan fingerprint density at radius 2 is 1.26 bits per heavy atom. The van der Waals surface area contributed by atoms with Crippen LogP contribution in [-0.4, -0.2) is 23.0 Å². The summed E-state index contributed by atoms with van der Waals surface area (Å²) in [5.74, 6) is 1.49. The molecule has 5 rings (SSSR count). The summed E-state index contributed by atoms with van der Waals surface area (Å²) in [7, 11) is 1.74. The van der Waals surface area contributed by atoms with E-state index in [1.54, 1.807) is 0 Å². The summed E-state index contributed by atoms with van der Waals surface area (Å²) in [5, 5.41) is 5.12. The number of thioether (sulfide) groups is 1. The first-order valence-electron chi connectivity index (χ1n) is 12.5. The Morgan fingerprint density at radius 1 is 0.743 bits per heavy atom. The molecule has 35 heavy (non-hydrogen) atoms. The Labute approximate surface area is 231 Å². The van der Waals surface area contributed by atoms with Gasteiger partial charge in [-0.25, -0.2) is 0 Å². The summed E-state index contributed by atoms with van der Waals surface area (Å²) in [6, 6.07) is 22.4. The fourth-order valence-corrected chi connectivity index (χ4v) is 8.45. The van der Waals surface area contributed by atoms with Gasteiger partial charge in [0.15, 0.2) is 0 Å². The van der Waals surface area contributed by atoms with Crippen molar-refractivity contribution < 1.29 is 17.1 Å². The molecule has 0 spiro atoms. The quantitative estimate of drug-likeness (QED) is 0.270. The first-order valence-corrected chi connectivity index (χ1v) is 14.6. The van der Waals surface area contributed by atoms with E-state index >= 15 is 0 Å². The number of rotatable bonds is 7. The molecule has 0 N–H and O–H groups in total. The van der Waals surface area contributed by atoms with Gasteiger partial charge in [0.25, 0.3) is 0 Å². The summed E-state index contributed by atoms with van der Waals surface area (Å²) in [4.78, 5) is 0. The fraction of sp³-hybridized carbons (Fsp3) is 0.290. The van der Waals surface area contributed by atoms with Crippen molar-refractivity contribution in [3.63, 3.8) is 0 Å². The number of hydrogen-bond acceptors (Lipinski definition) is 2. The third-order valence-electron chi connectivity index (χ3n) is 6.54. The molecule has 0 amide bonds. The van der Waals surface area contributed by atoms with Crippen molar-refractivity contribution in [1.82, 2.24) is 4.67 Å². The minimum absolute atomic E-state index is 0. The summed E-state index contributed by atoms with van der Waals surface area (Å²) in [5.41, 5.74) is 0.